The van der Waals surface area contributed by atoms with Gasteiger partial charge in [-0.25, -0.2) is 0 Å². The zero-order valence-electron chi connectivity index (χ0n) is 18.5. The van der Waals surface area contributed by atoms with Gasteiger partial charge in [0.1, 0.15) is 0 Å². The van der Waals surface area contributed by atoms with Crippen molar-refractivity contribution in [2.75, 3.05) is 12.3 Å². The van der Waals surface area contributed by atoms with E-state index in [9.17, 15) is 0 Å². The van der Waals surface area contributed by atoms with Gasteiger partial charge in [-0.15, -0.1) is 7.92 Å². The highest BCUT2D eigenvalue weighted by Crippen LogP contribution is 2.47. The minimum absolute atomic E-state index is 0.309. The van der Waals surface area contributed by atoms with Gasteiger partial charge in [0, 0.05) is 0 Å². The molecule has 152 valence electrons. The first kappa shape index (κ1) is 25.4. The quantitative estimate of drug-likeness (QED) is 0.148. The van der Waals surface area contributed by atoms with Crippen LogP contribution in [0.2, 0.25) is 0 Å². The van der Waals surface area contributed by atoms with Crippen LogP contribution in [0.25, 0.3) is 0 Å². The van der Waals surface area contributed by atoms with Gasteiger partial charge in [-0.1, -0.05) is 111 Å². The van der Waals surface area contributed by atoms with Crippen LogP contribution in [-0.4, -0.2) is 18.0 Å². The molecule has 0 aliphatic rings. The van der Waals surface area contributed by atoms with Gasteiger partial charge >= 0.3 is 0 Å². The van der Waals surface area contributed by atoms with Crippen LogP contribution in [0.4, 0.5) is 0 Å². The van der Waals surface area contributed by atoms with Gasteiger partial charge < -0.3 is 0 Å². The highest BCUT2D eigenvalue weighted by atomic mass is 31.1. The molecule has 0 aromatic heterocycles. The Labute approximate surface area is 163 Å². The van der Waals surface area contributed by atoms with Crippen LogP contribution in [0.5, 0.6) is 0 Å². The second-order valence-corrected chi connectivity index (χ2v) is 11.0. The molecule has 0 saturated carbocycles. The van der Waals surface area contributed by atoms with Crippen LogP contribution in [0, 0.1) is 0 Å². The molecule has 0 aliphatic carbocycles. The minimum Gasteiger partial charge on any atom is -0.104 e. The fraction of sp³-hybridized carbons (Fsp3) is 1.00. The summed E-state index contributed by atoms with van der Waals surface area (Å²) in [5.41, 5.74) is 1.09. The number of rotatable bonds is 20. The molecule has 0 amide bonds. The molecule has 0 aromatic carbocycles. The van der Waals surface area contributed by atoms with Crippen molar-refractivity contribution in [1.29, 1.82) is 0 Å². The van der Waals surface area contributed by atoms with Gasteiger partial charge in [-0.05, 0) is 43.7 Å². The molecule has 1 heteroatoms. The lowest BCUT2D eigenvalue weighted by Crippen LogP contribution is -2.10. The molecular weight excluding hydrogens is 319 g/mol. The van der Waals surface area contributed by atoms with E-state index in [-0.39, 0.29) is 0 Å². The highest BCUT2D eigenvalue weighted by Gasteiger charge is 2.19. The summed E-state index contributed by atoms with van der Waals surface area (Å²) < 4.78 is 0. The summed E-state index contributed by atoms with van der Waals surface area (Å²) in [6.45, 7) is 9.42. The Kier molecular flexibility index (Phi) is 21.1. The van der Waals surface area contributed by atoms with Crippen molar-refractivity contribution >= 4 is 7.92 Å². The first-order valence-electron chi connectivity index (χ1n) is 12.0. The predicted molar refractivity (Wildman–Crippen MR) is 122 cm³/mol. The molecule has 0 N–H and O–H groups in total. The van der Waals surface area contributed by atoms with Crippen molar-refractivity contribution in [2.45, 2.75) is 143 Å². The van der Waals surface area contributed by atoms with Gasteiger partial charge in [0.15, 0.2) is 0 Å². The Balaban J connectivity index is 4.21. The van der Waals surface area contributed by atoms with Crippen molar-refractivity contribution in [2.24, 2.45) is 0 Å². The van der Waals surface area contributed by atoms with Crippen LogP contribution < -0.4 is 0 Å². The topological polar surface area (TPSA) is 0 Å². The maximum Gasteiger partial charge on any atom is -0.0209 e. The Hall–Kier alpha value is 0.430. The van der Waals surface area contributed by atoms with E-state index in [1.807, 2.05) is 0 Å². The molecule has 0 heterocycles. The van der Waals surface area contributed by atoms with Crippen molar-refractivity contribution in [3.05, 3.63) is 0 Å². The zero-order chi connectivity index (χ0) is 18.6. The Morgan fingerprint density at radius 3 is 1.32 bits per heavy atom. The van der Waals surface area contributed by atoms with E-state index < -0.39 is 0 Å². The number of hydrogen-bond acceptors (Lipinski definition) is 0. The largest absolute Gasteiger partial charge is 0.104 e. The first-order valence-corrected chi connectivity index (χ1v) is 13.8. The average Bonchev–Trinajstić information content (AvgIpc) is 2.62. The van der Waals surface area contributed by atoms with Gasteiger partial charge in [0.25, 0.3) is 0 Å². The molecule has 1 unspecified atom stereocenters. The summed E-state index contributed by atoms with van der Waals surface area (Å²) in [5.74, 6) is 0. The molecule has 0 spiro atoms. The summed E-state index contributed by atoms with van der Waals surface area (Å²) in [6, 6.07) is 0. The Morgan fingerprint density at radius 1 is 0.440 bits per heavy atom. The summed E-state index contributed by atoms with van der Waals surface area (Å²) in [5, 5.41) is 0. The lowest BCUT2D eigenvalue weighted by atomic mass is 10.1. The van der Waals surface area contributed by atoms with Crippen LogP contribution in [0.15, 0.2) is 0 Å². The SMILES string of the molecule is CCCCCCCCP(CCCCCCCC)C(CCC)CCCC. The molecular formula is C24H51P. The maximum atomic E-state index is 2.40. The standard InChI is InChI=1S/C24H51P/c1-5-9-12-14-16-18-22-25(23-19-17-15-13-10-6-2)24(20-8-4)21-11-7-3/h24H,5-23H2,1-4H3. The van der Waals surface area contributed by atoms with Crippen LogP contribution in [0.1, 0.15) is 137 Å². The van der Waals surface area contributed by atoms with Crippen molar-refractivity contribution in [3.8, 4) is 0 Å². The van der Waals surface area contributed by atoms with E-state index in [1.54, 1.807) is 12.3 Å². The predicted octanol–water partition coefficient (Wildman–Crippen LogP) is 9.55. The molecule has 25 heavy (non-hydrogen) atoms. The lowest BCUT2D eigenvalue weighted by molar-refractivity contribution is 0.608. The van der Waals surface area contributed by atoms with E-state index >= 15 is 0 Å². The van der Waals surface area contributed by atoms with E-state index in [2.05, 4.69) is 27.7 Å². The van der Waals surface area contributed by atoms with Crippen LogP contribution in [0.3, 0.4) is 0 Å². The van der Waals surface area contributed by atoms with E-state index in [0.29, 0.717) is 7.92 Å². The van der Waals surface area contributed by atoms with Crippen LogP contribution >= 0.6 is 7.92 Å². The fourth-order valence-corrected chi connectivity index (χ4v) is 7.33. The molecule has 0 bridgehead atoms. The third-order valence-corrected chi connectivity index (χ3v) is 8.96. The minimum atomic E-state index is 0.309. The lowest BCUT2D eigenvalue weighted by Gasteiger charge is -2.28. The first-order chi connectivity index (χ1) is 12.3. The molecule has 0 radical (unpaired) electrons. The molecule has 0 nitrogen and oxygen atoms in total. The smallest absolute Gasteiger partial charge is 0.0209 e. The summed E-state index contributed by atoms with van der Waals surface area (Å²) >= 11 is 0. The Morgan fingerprint density at radius 2 is 0.880 bits per heavy atom. The molecule has 0 saturated heterocycles. The summed E-state index contributed by atoms with van der Waals surface area (Å²) in [6.07, 6.45) is 28.1. The van der Waals surface area contributed by atoms with Crippen molar-refractivity contribution < 1.29 is 0 Å². The molecule has 0 aliphatic heterocycles. The van der Waals surface area contributed by atoms with E-state index in [0.717, 1.165) is 5.66 Å². The Bertz CT molecular complexity index is 222. The normalized spacial score (nSPS) is 12.8. The van der Waals surface area contributed by atoms with Gasteiger partial charge in [0.05, 0.1) is 0 Å². The average molecular weight is 371 g/mol. The molecule has 0 aromatic rings. The summed E-state index contributed by atoms with van der Waals surface area (Å²) in [7, 11) is 0.309. The third-order valence-electron chi connectivity index (χ3n) is 5.63. The summed E-state index contributed by atoms with van der Waals surface area (Å²) in [4.78, 5) is 0. The van der Waals surface area contributed by atoms with Crippen molar-refractivity contribution in [1.82, 2.24) is 0 Å². The maximum absolute atomic E-state index is 2.40. The molecule has 1 atom stereocenters. The zero-order valence-corrected chi connectivity index (χ0v) is 19.4. The second-order valence-electron chi connectivity index (χ2n) is 8.16. The molecule has 0 fully saturated rings. The second kappa shape index (κ2) is 20.7. The number of unbranched alkanes of at least 4 members (excludes halogenated alkanes) is 11. The monoisotopic (exact) mass is 370 g/mol. The fourth-order valence-electron chi connectivity index (χ4n) is 3.95. The van der Waals surface area contributed by atoms with Gasteiger partial charge in [0.2, 0.25) is 0 Å². The van der Waals surface area contributed by atoms with E-state index in [1.165, 1.54) is 109 Å². The van der Waals surface area contributed by atoms with Gasteiger partial charge in [-0.3, -0.25) is 0 Å². The molecule has 0 rings (SSSR count). The third kappa shape index (κ3) is 16.3. The van der Waals surface area contributed by atoms with Crippen molar-refractivity contribution in [3.63, 3.8) is 0 Å². The van der Waals surface area contributed by atoms with Crippen LogP contribution in [-0.2, 0) is 0 Å². The highest BCUT2D eigenvalue weighted by molar-refractivity contribution is 7.58. The number of hydrogen-bond donors (Lipinski definition) is 0. The van der Waals surface area contributed by atoms with Gasteiger partial charge in [-0.2, -0.15) is 0 Å². The van der Waals surface area contributed by atoms with E-state index in [4.69, 9.17) is 0 Å².